The largest absolute Gasteiger partial charge is 0.379 e. The van der Waals surface area contributed by atoms with Gasteiger partial charge in [0.15, 0.2) is 0 Å². The molecule has 0 saturated carbocycles. The first-order valence-electron chi connectivity index (χ1n) is 6.95. The summed E-state index contributed by atoms with van der Waals surface area (Å²) in [4.78, 5) is 5.05. The Morgan fingerprint density at radius 3 is 2.94 bits per heavy atom. The molecular weight excluding hydrogens is 214 g/mol. The Labute approximate surface area is 105 Å². The Hall–Kier alpha value is -0.160. The second-order valence-electron chi connectivity index (χ2n) is 5.54. The molecule has 2 saturated heterocycles. The molecule has 0 aromatic carbocycles. The van der Waals surface area contributed by atoms with E-state index in [4.69, 9.17) is 10.5 Å². The van der Waals surface area contributed by atoms with Crippen molar-refractivity contribution < 1.29 is 4.74 Å². The Kier molecular flexibility index (Phi) is 4.42. The van der Waals surface area contributed by atoms with Gasteiger partial charge in [0.2, 0.25) is 0 Å². The molecule has 0 spiro atoms. The van der Waals surface area contributed by atoms with E-state index in [0.717, 1.165) is 26.2 Å². The van der Waals surface area contributed by atoms with Gasteiger partial charge in [-0.3, -0.25) is 9.80 Å². The number of nitrogens with zero attached hydrogens (tertiary/aromatic N) is 2. The summed E-state index contributed by atoms with van der Waals surface area (Å²) >= 11 is 0. The lowest BCUT2D eigenvalue weighted by atomic mass is 9.96. The van der Waals surface area contributed by atoms with E-state index in [-0.39, 0.29) is 5.54 Å². The number of rotatable bonds is 5. The van der Waals surface area contributed by atoms with Gasteiger partial charge in [0.25, 0.3) is 0 Å². The van der Waals surface area contributed by atoms with Gasteiger partial charge in [0, 0.05) is 25.7 Å². The van der Waals surface area contributed by atoms with Crippen molar-refractivity contribution in [2.75, 3.05) is 46.4 Å². The van der Waals surface area contributed by atoms with Gasteiger partial charge in [-0.25, -0.2) is 0 Å². The van der Waals surface area contributed by atoms with Crippen molar-refractivity contribution in [3.8, 4) is 0 Å². The predicted molar refractivity (Wildman–Crippen MR) is 70.1 cm³/mol. The number of nitrogens with two attached hydrogens (primary N) is 1. The number of likely N-dealkylation sites (N-methyl/N-ethyl adjacent to an activating group) is 2. The van der Waals surface area contributed by atoms with Crippen molar-refractivity contribution in [3.05, 3.63) is 0 Å². The standard InChI is InChI=1S/C13H27N3O/c1-3-16-7-4-5-12(16)9-15(2)13(10-14)6-8-17-11-13/h12H,3-11,14H2,1-2H3. The van der Waals surface area contributed by atoms with Crippen LogP contribution in [0.1, 0.15) is 26.2 Å². The van der Waals surface area contributed by atoms with Crippen LogP contribution in [0.5, 0.6) is 0 Å². The fraction of sp³-hybridized carbons (Fsp3) is 1.00. The van der Waals surface area contributed by atoms with Crippen LogP contribution in [0, 0.1) is 0 Å². The summed E-state index contributed by atoms with van der Waals surface area (Å²) in [6.45, 7) is 8.21. The monoisotopic (exact) mass is 241 g/mol. The number of hydrogen-bond donors (Lipinski definition) is 1. The number of hydrogen-bond acceptors (Lipinski definition) is 4. The highest BCUT2D eigenvalue weighted by Gasteiger charge is 2.39. The molecule has 2 aliphatic heterocycles. The number of ether oxygens (including phenoxy) is 1. The minimum Gasteiger partial charge on any atom is -0.379 e. The lowest BCUT2D eigenvalue weighted by Gasteiger charge is -2.39. The Morgan fingerprint density at radius 2 is 2.35 bits per heavy atom. The van der Waals surface area contributed by atoms with Gasteiger partial charge in [0.1, 0.15) is 0 Å². The molecule has 17 heavy (non-hydrogen) atoms. The first-order chi connectivity index (χ1) is 8.22. The van der Waals surface area contributed by atoms with Gasteiger partial charge in [-0.2, -0.15) is 0 Å². The lowest BCUT2D eigenvalue weighted by Crippen LogP contribution is -2.55. The number of likely N-dealkylation sites (tertiary alicyclic amines) is 1. The molecule has 2 heterocycles. The van der Waals surface area contributed by atoms with Crippen LogP contribution < -0.4 is 5.73 Å². The first kappa shape index (κ1) is 13.3. The molecule has 2 atom stereocenters. The summed E-state index contributed by atoms with van der Waals surface area (Å²) in [6, 6.07) is 0.717. The molecule has 2 fully saturated rings. The summed E-state index contributed by atoms with van der Waals surface area (Å²) < 4.78 is 5.55. The molecule has 4 heteroatoms. The van der Waals surface area contributed by atoms with E-state index >= 15 is 0 Å². The van der Waals surface area contributed by atoms with E-state index in [1.165, 1.54) is 25.9 Å². The second kappa shape index (κ2) is 5.65. The minimum absolute atomic E-state index is 0.0992. The maximum absolute atomic E-state index is 5.98. The Bertz CT molecular complexity index is 241. The van der Waals surface area contributed by atoms with Gasteiger partial charge in [-0.15, -0.1) is 0 Å². The maximum atomic E-state index is 5.98. The van der Waals surface area contributed by atoms with Crippen molar-refractivity contribution in [2.45, 2.75) is 37.8 Å². The van der Waals surface area contributed by atoms with Crippen molar-refractivity contribution in [1.29, 1.82) is 0 Å². The van der Waals surface area contributed by atoms with Crippen LogP contribution in [0.4, 0.5) is 0 Å². The van der Waals surface area contributed by atoms with Crippen LogP contribution in [-0.2, 0) is 4.74 Å². The van der Waals surface area contributed by atoms with E-state index < -0.39 is 0 Å². The van der Waals surface area contributed by atoms with Gasteiger partial charge in [-0.05, 0) is 39.4 Å². The van der Waals surface area contributed by atoms with Crippen LogP contribution in [0.25, 0.3) is 0 Å². The summed E-state index contributed by atoms with van der Waals surface area (Å²) in [5.41, 5.74) is 6.08. The first-order valence-corrected chi connectivity index (χ1v) is 6.95. The molecule has 0 radical (unpaired) electrons. The van der Waals surface area contributed by atoms with Crippen molar-refractivity contribution in [2.24, 2.45) is 5.73 Å². The summed E-state index contributed by atoms with van der Waals surface area (Å²) in [5.74, 6) is 0. The zero-order valence-electron chi connectivity index (χ0n) is 11.3. The van der Waals surface area contributed by atoms with Gasteiger partial charge in [-0.1, -0.05) is 6.92 Å². The van der Waals surface area contributed by atoms with Crippen LogP contribution >= 0.6 is 0 Å². The molecule has 2 aliphatic rings. The Morgan fingerprint density at radius 1 is 1.53 bits per heavy atom. The van der Waals surface area contributed by atoms with Gasteiger partial charge < -0.3 is 10.5 Å². The molecule has 2 unspecified atom stereocenters. The SMILES string of the molecule is CCN1CCCC1CN(C)C1(CN)CCOC1. The fourth-order valence-corrected chi connectivity index (χ4v) is 3.24. The maximum Gasteiger partial charge on any atom is 0.0663 e. The molecule has 0 aliphatic carbocycles. The van der Waals surface area contributed by atoms with Crippen molar-refractivity contribution in [1.82, 2.24) is 9.80 Å². The topological polar surface area (TPSA) is 41.7 Å². The minimum atomic E-state index is 0.0992. The third kappa shape index (κ3) is 2.65. The third-order valence-electron chi connectivity index (χ3n) is 4.66. The van der Waals surface area contributed by atoms with E-state index in [9.17, 15) is 0 Å². The van der Waals surface area contributed by atoms with E-state index in [1.807, 2.05) is 0 Å². The highest BCUT2D eigenvalue weighted by molar-refractivity contribution is 4.95. The average molecular weight is 241 g/mol. The zero-order chi connectivity index (χ0) is 12.3. The smallest absolute Gasteiger partial charge is 0.0663 e. The highest BCUT2D eigenvalue weighted by Crippen LogP contribution is 2.26. The third-order valence-corrected chi connectivity index (χ3v) is 4.66. The van der Waals surface area contributed by atoms with Crippen LogP contribution in [-0.4, -0.2) is 67.8 Å². The Balaban J connectivity index is 1.93. The van der Waals surface area contributed by atoms with Crippen LogP contribution in [0.3, 0.4) is 0 Å². The van der Waals surface area contributed by atoms with Crippen molar-refractivity contribution >= 4 is 0 Å². The highest BCUT2D eigenvalue weighted by atomic mass is 16.5. The second-order valence-corrected chi connectivity index (χ2v) is 5.54. The molecule has 0 aromatic heterocycles. The molecule has 0 bridgehead atoms. The molecule has 2 rings (SSSR count). The zero-order valence-corrected chi connectivity index (χ0v) is 11.3. The van der Waals surface area contributed by atoms with Gasteiger partial charge in [0.05, 0.1) is 12.1 Å². The molecule has 100 valence electrons. The molecule has 2 N–H and O–H groups in total. The summed E-state index contributed by atoms with van der Waals surface area (Å²) in [7, 11) is 2.22. The normalized spacial score (nSPS) is 34.9. The quantitative estimate of drug-likeness (QED) is 0.762. The van der Waals surface area contributed by atoms with E-state index in [0.29, 0.717) is 12.6 Å². The molecule has 0 aromatic rings. The lowest BCUT2D eigenvalue weighted by molar-refractivity contribution is 0.0719. The predicted octanol–water partition coefficient (Wildman–Crippen LogP) is 0.520. The fourth-order valence-electron chi connectivity index (χ4n) is 3.24. The molecule has 0 amide bonds. The van der Waals surface area contributed by atoms with Crippen LogP contribution in [0.15, 0.2) is 0 Å². The van der Waals surface area contributed by atoms with E-state index in [2.05, 4.69) is 23.8 Å². The van der Waals surface area contributed by atoms with E-state index in [1.54, 1.807) is 0 Å². The summed E-state index contributed by atoms with van der Waals surface area (Å²) in [5, 5.41) is 0. The molecular formula is C13H27N3O. The van der Waals surface area contributed by atoms with Crippen LogP contribution in [0.2, 0.25) is 0 Å². The summed E-state index contributed by atoms with van der Waals surface area (Å²) in [6.07, 6.45) is 3.76. The molecule has 4 nitrogen and oxygen atoms in total. The average Bonchev–Trinajstić information content (AvgIpc) is 2.97. The van der Waals surface area contributed by atoms with Gasteiger partial charge >= 0.3 is 0 Å². The van der Waals surface area contributed by atoms with Crippen molar-refractivity contribution in [3.63, 3.8) is 0 Å².